The van der Waals surface area contributed by atoms with E-state index >= 15 is 0 Å². The van der Waals surface area contributed by atoms with Crippen LogP contribution in [0.15, 0.2) is 21.9 Å². The Labute approximate surface area is 132 Å². The maximum Gasteiger partial charge on any atom is 0.360 e. The zero-order chi connectivity index (χ0) is 17.5. The van der Waals surface area contributed by atoms with Crippen LogP contribution in [0.5, 0.6) is 0 Å². The molecular formula is C12H20N3O7P. The van der Waals surface area contributed by atoms with E-state index in [1.807, 2.05) is 4.98 Å². The number of carbonyl (C=O) groups excluding carboxylic acids is 1. The van der Waals surface area contributed by atoms with Gasteiger partial charge in [-0.1, -0.05) is 0 Å². The minimum absolute atomic E-state index is 0.0784. The Kier molecular flexibility index (Phi) is 7.37. The van der Waals surface area contributed by atoms with Crippen LogP contribution in [-0.4, -0.2) is 46.2 Å². The minimum atomic E-state index is -3.74. The number of aromatic nitrogens is 2. The molecule has 10 nitrogen and oxygen atoms in total. The summed E-state index contributed by atoms with van der Waals surface area (Å²) in [6.07, 6.45) is 1.17. The van der Waals surface area contributed by atoms with Gasteiger partial charge in [-0.2, -0.15) is 0 Å². The van der Waals surface area contributed by atoms with Crippen LogP contribution in [-0.2, 0) is 25.0 Å². The molecule has 0 aliphatic heterocycles. The van der Waals surface area contributed by atoms with Crippen LogP contribution in [0.3, 0.4) is 0 Å². The quantitative estimate of drug-likeness (QED) is 0.498. The SMILES string of the molecule is CCOP(=O)(OCC)C(O)CNC(=O)Cn1ccc(=O)[nH]c1=O. The van der Waals surface area contributed by atoms with Crippen molar-refractivity contribution in [3.05, 3.63) is 33.1 Å². The van der Waals surface area contributed by atoms with Gasteiger partial charge in [0.1, 0.15) is 6.54 Å². The summed E-state index contributed by atoms with van der Waals surface area (Å²) in [7, 11) is -3.74. The van der Waals surface area contributed by atoms with Gasteiger partial charge in [-0.15, -0.1) is 0 Å². The molecule has 0 radical (unpaired) electrons. The van der Waals surface area contributed by atoms with Gasteiger partial charge >= 0.3 is 13.3 Å². The van der Waals surface area contributed by atoms with E-state index < -0.39 is 30.6 Å². The zero-order valence-corrected chi connectivity index (χ0v) is 13.7. The van der Waals surface area contributed by atoms with Crippen molar-refractivity contribution in [2.45, 2.75) is 26.2 Å². The van der Waals surface area contributed by atoms with Crippen molar-refractivity contribution >= 4 is 13.5 Å². The second-order valence-electron chi connectivity index (χ2n) is 4.40. The lowest BCUT2D eigenvalue weighted by atomic mass is 10.5. The highest BCUT2D eigenvalue weighted by molar-refractivity contribution is 7.54. The standard InChI is InChI=1S/C12H20N3O7P/c1-3-21-23(20,22-4-2)11(18)7-13-10(17)8-15-6-5-9(16)14-12(15)19/h5-6,11,18H,3-4,7-8H2,1-2H3,(H,13,17)(H,14,16,19). The van der Waals surface area contributed by atoms with Gasteiger partial charge in [-0.05, 0) is 13.8 Å². The molecule has 0 saturated heterocycles. The topological polar surface area (TPSA) is 140 Å². The number of nitrogens with one attached hydrogen (secondary N) is 2. The normalized spacial score (nSPS) is 12.8. The Bertz CT molecular complexity index is 674. The van der Waals surface area contributed by atoms with E-state index in [1.165, 1.54) is 6.20 Å². The molecule has 130 valence electrons. The molecule has 0 fully saturated rings. The third kappa shape index (κ3) is 5.76. The van der Waals surface area contributed by atoms with E-state index in [9.17, 15) is 24.1 Å². The molecule has 1 atom stereocenters. The Hall–Kier alpha value is -1.74. The number of rotatable bonds is 9. The maximum atomic E-state index is 12.2. The van der Waals surface area contributed by atoms with Gasteiger partial charge in [0.25, 0.3) is 5.56 Å². The molecule has 0 bridgehead atoms. The Morgan fingerprint density at radius 1 is 1.39 bits per heavy atom. The van der Waals surface area contributed by atoms with Crippen LogP contribution in [0.1, 0.15) is 13.8 Å². The number of aliphatic hydroxyl groups excluding tert-OH is 1. The summed E-state index contributed by atoms with van der Waals surface area (Å²) in [5.74, 6) is -2.14. The third-order valence-corrected chi connectivity index (χ3v) is 4.82. The van der Waals surface area contributed by atoms with E-state index in [2.05, 4.69) is 5.32 Å². The first-order chi connectivity index (χ1) is 10.8. The average Bonchev–Trinajstić information content (AvgIpc) is 2.48. The molecule has 3 N–H and O–H groups in total. The lowest BCUT2D eigenvalue weighted by Gasteiger charge is -2.22. The number of H-pyrrole nitrogens is 1. The summed E-state index contributed by atoms with van der Waals surface area (Å²) in [6.45, 7) is 2.62. The van der Waals surface area contributed by atoms with E-state index in [4.69, 9.17) is 9.05 Å². The van der Waals surface area contributed by atoms with Crippen LogP contribution in [0.25, 0.3) is 0 Å². The highest BCUT2D eigenvalue weighted by atomic mass is 31.2. The van der Waals surface area contributed by atoms with Crippen molar-refractivity contribution in [1.29, 1.82) is 0 Å². The summed E-state index contributed by atoms with van der Waals surface area (Å²) in [5, 5.41) is 12.2. The maximum absolute atomic E-state index is 12.2. The molecule has 1 unspecified atom stereocenters. The van der Waals surface area contributed by atoms with Crippen molar-refractivity contribution in [3.8, 4) is 0 Å². The Morgan fingerprint density at radius 3 is 2.52 bits per heavy atom. The molecule has 0 aliphatic carbocycles. The first kappa shape index (κ1) is 19.3. The predicted molar refractivity (Wildman–Crippen MR) is 81.2 cm³/mol. The molecule has 1 aromatic rings. The molecule has 0 aromatic carbocycles. The Morgan fingerprint density at radius 2 is 2.00 bits per heavy atom. The lowest BCUT2D eigenvalue weighted by Crippen LogP contribution is -2.38. The number of hydrogen-bond acceptors (Lipinski definition) is 7. The number of carbonyl (C=O) groups is 1. The molecule has 1 rings (SSSR count). The van der Waals surface area contributed by atoms with Gasteiger partial charge in [0.2, 0.25) is 5.91 Å². The van der Waals surface area contributed by atoms with E-state index in [0.29, 0.717) is 0 Å². The molecule has 23 heavy (non-hydrogen) atoms. The number of nitrogens with zero attached hydrogens (tertiary/aromatic N) is 1. The van der Waals surface area contributed by atoms with Crippen LogP contribution < -0.4 is 16.6 Å². The average molecular weight is 349 g/mol. The second-order valence-corrected chi connectivity index (χ2v) is 6.59. The molecular weight excluding hydrogens is 329 g/mol. The highest BCUT2D eigenvalue weighted by Crippen LogP contribution is 2.51. The highest BCUT2D eigenvalue weighted by Gasteiger charge is 2.34. The van der Waals surface area contributed by atoms with Gasteiger partial charge in [0.15, 0.2) is 5.85 Å². The number of aliphatic hydroxyl groups is 1. The van der Waals surface area contributed by atoms with Crippen molar-refractivity contribution < 1.29 is 23.5 Å². The molecule has 0 saturated carbocycles. The fourth-order valence-corrected chi connectivity index (χ4v) is 3.12. The summed E-state index contributed by atoms with van der Waals surface area (Å²) < 4.78 is 23.1. The van der Waals surface area contributed by atoms with Gasteiger partial charge in [-0.25, -0.2) is 4.79 Å². The third-order valence-electron chi connectivity index (χ3n) is 2.68. The number of amides is 1. The monoisotopic (exact) mass is 349 g/mol. The van der Waals surface area contributed by atoms with Gasteiger partial charge in [0, 0.05) is 12.3 Å². The fraction of sp³-hybridized carbons (Fsp3) is 0.583. The van der Waals surface area contributed by atoms with Crippen LogP contribution >= 0.6 is 7.60 Å². The predicted octanol–water partition coefficient (Wildman–Crippen LogP) is -0.763. The van der Waals surface area contributed by atoms with Gasteiger partial charge < -0.3 is 19.5 Å². The van der Waals surface area contributed by atoms with Crippen LogP contribution in [0.2, 0.25) is 0 Å². The van der Waals surface area contributed by atoms with Crippen molar-refractivity contribution in [3.63, 3.8) is 0 Å². The van der Waals surface area contributed by atoms with Crippen molar-refractivity contribution in [1.82, 2.24) is 14.9 Å². The first-order valence-corrected chi connectivity index (χ1v) is 8.57. The molecule has 11 heteroatoms. The van der Waals surface area contributed by atoms with E-state index in [0.717, 1.165) is 10.6 Å². The summed E-state index contributed by atoms with van der Waals surface area (Å²) in [4.78, 5) is 36.1. The van der Waals surface area contributed by atoms with Gasteiger partial charge in [0.05, 0.1) is 19.8 Å². The van der Waals surface area contributed by atoms with Crippen molar-refractivity contribution in [2.24, 2.45) is 0 Å². The second kappa shape index (κ2) is 8.78. The Balaban J connectivity index is 2.62. The fourth-order valence-electron chi connectivity index (χ4n) is 1.67. The molecule has 1 amide bonds. The van der Waals surface area contributed by atoms with Crippen molar-refractivity contribution in [2.75, 3.05) is 19.8 Å². The van der Waals surface area contributed by atoms with Crippen LogP contribution in [0.4, 0.5) is 0 Å². The largest absolute Gasteiger partial charge is 0.379 e. The molecule has 1 heterocycles. The van der Waals surface area contributed by atoms with Gasteiger partial charge in [-0.3, -0.25) is 23.7 Å². The lowest BCUT2D eigenvalue weighted by molar-refractivity contribution is -0.122. The number of hydrogen-bond donors (Lipinski definition) is 3. The minimum Gasteiger partial charge on any atom is -0.379 e. The summed E-state index contributed by atoms with van der Waals surface area (Å²) >= 11 is 0. The molecule has 0 spiro atoms. The smallest absolute Gasteiger partial charge is 0.360 e. The molecule has 0 aliphatic rings. The summed E-state index contributed by atoms with van der Waals surface area (Å²) in [6, 6.07) is 1.10. The number of aromatic amines is 1. The van der Waals surface area contributed by atoms with E-state index in [-0.39, 0.29) is 26.3 Å². The van der Waals surface area contributed by atoms with Crippen LogP contribution in [0, 0.1) is 0 Å². The zero-order valence-electron chi connectivity index (χ0n) is 12.9. The molecule has 1 aromatic heterocycles. The van der Waals surface area contributed by atoms with E-state index in [1.54, 1.807) is 13.8 Å². The first-order valence-electron chi connectivity index (χ1n) is 6.95. The summed E-state index contributed by atoms with van der Waals surface area (Å²) in [5.41, 5.74) is -1.31.